The number of hydrogen-bond donors (Lipinski definition) is 1. The number of carbonyl (C=O) groups excluding carboxylic acids is 2. The number of thioether (sulfide) groups is 1. The first-order chi connectivity index (χ1) is 14.4. The summed E-state index contributed by atoms with van der Waals surface area (Å²) in [5.74, 6) is -0.00867. The number of amides is 2. The van der Waals surface area contributed by atoms with Crippen LogP contribution >= 0.6 is 46.6 Å². The summed E-state index contributed by atoms with van der Waals surface area (Å²) < 4.78 is 1.69. The highest BCUT2D eigenvalue weighted by molar-refractivity contribution is 14.1. The highest BCUT2D eigenvalue weighted by atomic mass is 127. The molecule has 1 fully saturated rings. The van der Waals surface area contributed by atoms with E-state index in [9.17, 15) is 9.59 Å². The van der Waals surface area contributed by atoms with Crippen LogP contribution in [0.15, 0.2) is 53.4 Å². The summed E-state index contributed by atoms with van der Waals surface area (Å²) >= 11 is 8.98. The zero-order chi connectivity index (χ0) is 21.5. The van der Waals surface area contributed by atoms with Crippen LogP contribution in [-0.4, -0.2) is 27.6 Å². The molecule has 0 saturated carbocycles. The number of hydrogen-bond acceptors (Lipinski definition) is 4. The molecule has 4 nitrogen and oxygen atoms in total. The number of thiocarbonyl (C=S) groups is 1. The number of rotatable bonds is 8. The Morgan fingerprint density at radius 2 is 1.93 bits per heavy atom. The van der Waals surface area contributed by atoms with Crippen molar-refractivity contribution in [3.63, 3.8) is 0 Å². The SMILES string of the molecule is Cc1ccc(/C=C2\SC(=S)N(CCCCCC(=O)Nc3cccc(I)c3)C2=O)cc1. The van der Waals surface area contributed by atoms with Gasteiger partial charge in [0.2, 0.25) is 5.91 Å². The van der Waals surface area contributed by atoms with E-state index in [1.54, 1.807) is 4.90 Å². The Hall–Kier alpha value is -1.71. The molecule has 0 unspecified atom stereocenters. The van der Waals surface area contributed by atoms with Crippen LogP contribution in [-0.2, 0) is 9.59 Å². The van der Waals surface area contributed by atoms with Crippen molar-refractivity contribution < 1.29 is 9.59 Å². The van der Waals surface area contributed by atoms with Crippen molar-refractivity contribution in [2.75, 3.05) is 11.9 Å². The molecule has 156 valence electrons. The third kappa shape index (κ3) is 6.65. The Morgan fingerprint density at radius 1 is 1.17 bits per heavy atom. The minimum atomic E-state index is -0.0259. The fourth-order valence-electron chi connectivity index (χ4n) is 3.03. The van der Waals surface area contributed by atoms with Crippen molar-refractivity contribution in [2.45, 2.75) is 32.6 Å². The number of anilines is 1. The zero-order valence-electron chi connectivity index (χ0n) is 16.7. The van der Waals surface area contributed by atoms with Crippen molar-refractivity contribution in [1.29, 1.82) is 0 Å². The minimum Gasteiger partial charge on any atom is -0.326 e. The maximum Gasteiger partial charge on any atom is 0.266 e. The third-order valence-electron chi connectivity index (χ3n) is 4.64. The first kappa shape index (κ1) is 23.0. The van der Waals surface area contributed by atoms with Gasteiger partial charge in [0.05, 0.1) is 4.91 Å². The Kier molecular flexibility index (Phi) is 8.47. The standard InChI is InChI=1S/C23H23IN2O2S2/c1-16-9-11-17(12-10-16)14-20-22(28)26(23(29)30-20)13-4-2-3-8-21(27)25-19-7-5-6-18(24)15-19/h5-7,9-12,14-15H,2-4,8,13H2,1H3,(H,25,27)/b20-14-. The molecule has 0 aromatic heterocycles. The van der Waals surface area contributed by atoms with Crippen molar-refractivity contribution in [2.24, 2.45) is 0 Å². The monoisotopic (exact) mass is 550 g/mol. The summed E-state index contributed by atoms with van der Waals surface area (Å²) in [7, 11) is 0. The van der Waals surface area contributed by atoms with Gasteiger partial charge in [0, 0.05) is 22.2 Å². The minimum absolute atomic E-state index is 0.0173. The highest BCUT2D eigenvalue weighted by Gasteiger charge is 2.31. The molecule has 1 aliphatic heterocycles. The Balaban J connectivity index is 1.41. The van der Waals surface area contributed by atoms with Gasteiger partial charge >= 0.3 is 0 Å². The number of carbonyl (C=O) groups is 2. The lowest BCUT2D eigenvalue weighted by molar-refractivity contribution is -0.122. The van der Waals surface area contributed by atoms with Crippen LogP contribution in [0.25, 0.3) is 6.08 Å². The van der Waals surface area contributed by atoms with Gasteiger partial charge in [-0.15, -0.1) is 0 Å². The fraction of sp³-hybridized carbons (Fsp3) is 0.261. The number of aryl methyl sites for hydroxylation is 1. The van der Waals surface area contributed by atoms with Crippen molar-refractivity contribution >= 4 is 74.5 Å². The van der Waals surface area contributed by atoms with E-state index in [1.165, 1.54) is 17.3 Å². The molecule has 0 aliphatic carbocycles. The molecule has 2 aromatic rings. The van der Waals surface area contributed by atoms with E-state index >= 15 is 0 Å². The van der Waals surface area contributed by atoms with E-state index in [0.717, 1.165) is 34.1 Å². The molecule has 1 N–H and O–H groups in total. The third-order valence-corrected chi connectivity index (χ3v) is 6.69. The summed E-state index contributed by atoms with van der Waals surface area (Å²) in [6.45, 7) is 2.63. The van der Waals surface area contributed by atoms with Gasteiger partial charge in [-0.05, 0) is 72.2 Å². The molecule has 0 bridgehead atoms. The van der Waals surface area contributed by atoms with Crippen LogP contribution in [0.4, 0.5) is 5.69 Å². The average Bonchev–Trinajstić information content (AvgIpc) is 2.96. The maximum atomic E-state index is 12.7. The molecule has 0 radical (unpaired) electrons. The first-order valence-corrected chi connectivity index (χ1v) is 12.1. The maximum absolute atomic E-state index is 12.7. The molecule has 0 spiro atoms. The van der Waals surface area contributed by atoms with Crippen LogP contribution in [0.3, 0.4) is 0 Å². The van der Waals surface area contributed by atoms with Crippen molar-refractivity contribution in [3.05, 3.63) is 68.1 Å². The summed E-state index contributed by atoms with van der Waals surface area (Å²) in [6.07, 6.45) is 4.84. The second-order valence-corrected chi connectivity index (χ2v) is 10.0. The van der Waals surface area contributed by atoms with E-state index in [1.807, 2.05) is 61.5 Å². The molecule has 0 atom stereocenters. The van der Waals surface area contributed by atoms with Crippen molar-refractivity contribution in [3.8, 4) is 0 Å². The largest absolute Gasteiger partial charge is 0.326 e. The Morgan fingerprint density at radius 3 is 2.67 bits per heavy atom. The predicted molar refractivity (Wildman–Crippen MR) is 137 cm³/mol. The number of halogens is 1. The Labute approximate surface area is 200 Å². The molecule has 1 saturated heterocycles. The smallest absolute Gasteiger partial charge is 0.266 e. The van der Waals surface area contributed by atoms with Crippen LogP contribution < -0.4 is 5.32 Å². The lowest BCUT2D eigenvalue weighted by atomic mass is 10.1. The van der Waals surface area contributed by atoms with E-state index < -0.39 is 0 Å². The number of benzene rings is 2. The van der Waals surface area contributed by atoms with E-state index in [4.69, 9.17) is 12.2 Å². The molecule has 1 heterocycles. The average molecular weight is 550 g/mol. The topological polar surface area (TPSA) is 49.4 Å². The van der Waals surface area contributed by atoms with Crippen LogP contribution in [0.2, 0.25) is 0 Å². The lowest BCUT2D eigenvalue weighted by Crippen LogP contribution is -2.29. The number of nitrogens with zero attached hydrogens (tertiary/aromatic N) is 1. The summed E-state index contributed by atoms with van der Waals surface area (Å²) in [6, 6.07) is 15.8. The highest BCUT2D eigenvalue weighted by Crippen LogP contribution is 2.32. The fourth-order valence-corrected chi connectivity index (χ4v) is 4.88. The Bertz CT molecular complexity index is 973. The van der Waals surface area contributed by atoms with Gasteiger partial charge in [-0.25, -0.2) is 0 Å². The van der Waals surface area contributed by atoms with Gasteiger partial charge < -0.3 is 5.32 Å². The molecule has 7 heteroatoms. The molecule has 2 amide bonds. The van der Waals surface area contributed by atoms with Crippen LogP contribution in [0, 0.1) is 10.5 Å². The first-order valence-electron chi connectivity index (χ1n) is 9.80. The summed E-state index contributed by atoms with van der Waals surface area (Å²) in [5.41, 5.74) is 3.01. The molecule has 1 aliphatic rings. The normalized spacial score (nSPS) is 15.1. The van der Waals surface area contributed by atoms with Gasteiger partial charge in [0.15, 0.2) is 0 Å². The van der Waals surface area contributed by atoms with Crippen molar-refractivity contribution in [1.82, 2.24) is 4.90 Å². The van der Waals surface area contributed by atoms with Crippen LogP contribution in [0.5, 0.6) is 0 Å². The lowest BCUT2D eigenvalue weighted by Gasteiger charge is -2.14. The van der Waals surface area contributed by atoms with E-state index in [-0.39, 0.29) is 11.8 Å². The molecular formula is C23H23IN2O2S2. The van der Waals surface area contributed by atoms with Gasteiger partial charge in [-0.3, -0.25) is 14.5 Å². The van der Waals surface area contributed by atoms with Gasteiger partial charge in [0.1, 0.15) is 4.32 Å². The molecular weight excluding hydrogens is 527 g/mol. The van der Waals surface area contributed by atoms with Gasteiger partial charge in [0.25, 0.3) is 5.91 Å². The molecule has 3 rings (SSSR count). The summed E-state index contributed by atoms with van der Waals surface area (Å²) in [4.78, 5) is 27.1. The second kappa shape index (κ2) is 11.1. The van der Waals surface area contributed by atoms with E-state index in [2.05, 4.69) is 27.9 Å². The molecule has 30 heavy (non-hydrogen) atoms. The second-order valence-electron chi connectivity index (χ2n) is 7.11. The van der Waals surface area contributed by atoms with Crippen LogP contribution in [0.1, 0.15) is 36.8 Å². The summed E-state index contributed by atoms with van der Waals surface area (Å²) in [5, 5.41) is 2.92. The quantitative estimate of drug-likeness (QED) is 0.190. The number of unbranched alkanes of at least 4 members (excludes halogenated alkanes) is 2. The van der Waals surface area contributed by atoms with Gasteiger partial charge in [-0.1, -0.05) is 66.3 Å². The molecule has 2 aromatic carbocycles. The van der Waals surface area contributed by atoms with Gasteiger partial charge in [-0.2, -0.15) is 0 Å². The predicted octanol–water partition coefficient (Wildman–Crippen LogP) is 6.00. The zero-order valence-corrected chi connectivity index (χ0v) is 20.5. The van der Waals surface area contributed by atoms with E-state index in [0.29, 0.717) is 22.2 Å². The number of nitrogens with one attached hydrogen (secondary N) is 1.